The fraction of sp³-hybridized carbons (Fsp3) is 0.0714. The summed E-state index contributed by atoms with van der Waals surface area (Å²) in [6.07, 6.45) is 0. The Morgan fingerprint density at radius 2 is 1.75 bits per heavy atom. The Balaban J connectivity index is 2.19. The normalized spacial score (nSPS) is 11.4. The quantitative estimate of drug-likeness (QED) is 0.348. The Morgan fingerprint density at radius 3 is 2.40 bits per heavy atom. The number of hydrogen-bond acceptors (Lipinski definition) is 3. The third-order valence-electron chi connectivity index (χ3n) is 2.78. The first-order valence-corrected chi connectivity index (χ1v) is 5.86. The molecule has 0 bridgehead atoms. The molecule has 0 amide bonds. The van der Waals surface area contributed by atoms with Crippen molar-refractivity contribution in [2.24, 2.45) is 10.9 Å². The predicted octanol–water partition coefficient (Wildman–Crippen LogP) is 2.67. The average Bonchev–Trinajstić information content (AvgIpc) is 2.46. The Bertz CT molecular complexity index is 627. The molecule has 0 unspecified atom stereocenters. The molecule has 2 aromatic carbocycles. The number of nitrogens with one attached hydrogen (secondary N) is 1. The number of hydrogen-bond donors (Lipinski definition) is 3. The molecule has 20 heavy (non-hydrogen) atoms. The van der Waals surface area contributed by atoms with Crippen LogP contribution in [0.15, 0.2) is 47.6 Å². The van der Waals surface area contributed by atoms with Crippen molar-refractivity contribution in [1.29, 1.82) is 0 Å². The van der Waals surface area contributed by atoms with Gasteiger partial charge in [-0.15, -0.1) is 0 Å². The van der Waals surface area contributed by atoms with E-state index in [1.165, 1.54) is 24.3 Å². The van der Waals surface area contributed by atoms with Gasteiger partial charge in [-0.25, -0.2) is 8.78 Å². The van der Waals surface area contributed by atoms with Gasteiger partial charge in [0.1, 0.15) is 11.6 Å². The van der Waals surface area contributed by atoms with Crippen LogP contribution < -0.4 is 11.1 Å². The molecule has 0 aliphatic carbocycles. The van der Waals surface area contributed by atoms with Crippen LogP contribution in [-0.2, 0) is 6.54 Å². The van der Waals surface area contributed by atoms with Crippen LogP contribution in [0.4, 0.5) is 14.5 Å². The van der Waals surface area contributed by atoms with E-state index < -0.39 is 5.82 Å². The van der Waals surface area contributed by atoms with E-state index in [0.717, 1.165) is 0 Å². The van der Waals surface area contributed by atoms with Gasteiger partial charge < -0.3 is 16.3 Å². The van der Waals surface area contributed by atoms with Crippen molar-refractivity contribution in [2.45, 2.75) is 6.54 Å². The number of oxime groups is 1. The summed E-state index contributed by atoms with van der Waals surface area (Å²) in [7, 11) is 0. The Morgan fingerprint density at radius 1 is 1.10 bits per heavy atom. The molecule has 0 atom stereocenters. The van der Waals surface area contributed by atoms with Crippen LogP contribution in [0.2, 0.25) is 0 Å². The van der Waals surface area contributed by atoms with E-state index >= 15 is 0 Å². The smallest absolute Gasteiger partial charge is 0.170 e. The maximum absolute atomic E-state index is 13.2. The standard InChI is InChI=1S/C14H13F2N3O/c15-10-3-5-12(6-4-10)18-8-9-1-2-11(16)7-13(9)14(17)19-20/h1-7,18,20H,8H2,(H2,17,19). The van der Waals surface area contributed by atoms with Gasteiger partial charge >= 0.3 is 0 Å². The predicted molar refractivity (Wildman–Crippen MR) is 72.6 cm³/mol. The molecule has 2 aromatic rings. The Kier molecular flexibility index (Phi) is 4.14. The van der Waals surface area contributed by atoms with Gasteiger partial charge in [0.2, 0.25) is 0 Å². The van der Waals surface area contributed by atoms with E-state index in [9.17, 15) is 8.78 Å². The molecular weight excluding hydrogens is 264 g/mol. The van der Waals surface area contributed by atoms with E-state index in [-0.39, 0.29) is 11.7 Å². The van der Waals surface area contributed by atoms with E-state index in [1.807, 2.05) is 0 Å². The van der Waals surface area contributed by atoms with Crippen molar-refractivity contribution in [3.8, 4) is 0 Å². The maximum Gasteiger partial charge on any atom is 0.170 e. The van der Waals surface area contributed by atoms with Gasteiger partial charge in [0, 0.05) is 17.8 Å². The number of nitrogens with zero attached hydrogens (tertiary/aromatic N) is 1. The minimum Gasteiger partial charge on any atom is -0.409 e. The molecule has 0 aliphatic heterocycles. The van der Waals surface area contributed by atoms with Gasteiger partial charge in [-0.3, -0.25) is 0 Å². The van der Waals surface area contributed by atoms with Crippen molar-refractivity contribution in [3.05, 3.63) is 65.2 Å². The molecule has 0 heterocycles. The van der Waals surface area contributed by atoms with Crippen LogP contribution in [0.3, 0.4) is 0 Å². The van der Waals surface area contributed by atoms with Crippen LogP contribution in [0.25, 0.3) is 0 Å². The van der Waals surface area contributed by atoms with Gasteiger partial charge in [0.15, 0.2) is 5.84 Å². The van der Waals surface area contributed by atoms with Gasteiger partial charge in [0.25, 0.3) is 0 Å². The van der Waals surface area contributed by atoms with Crippen LogP contribution in [0, 0.1) is 11.6 Å². The summed E-state index contributed by atoms with van der Waals surface area (Å²) < 4.78 is 26.0. The topological polar surface area (TPSA) is 70.6 Å². The van der Waals surface area contributed by atoms with Crippen LogP contribution in [0.5, 0.6) is 0 Å². The van der Waals surface area contributed by atoms with Crippen molar-refractivity contribution in [1.82, 2.24) is 0 Å². The lowest BCUT2D eigenvalue weighted by atomic mass is 10.1. The lowest BCUT2D eigenvalue weighted by Gasteiger charge is -2.11. The highest BCUT2D eigenvalue weighted by Crippen LogP contribution is 2.15. The zero-order valence-corrected chi connectivity index (χ0v) is 10.5. The lowest BCUT2D eigenvalue weighted by Crippen LogP contribution is -2.17. The van der Waals surface area contributed by atoms with Crippen molar-refractivity contribution in [2.75, 3.05) is 5.32 Å². The first-order valence-electron chi connectivity index (χ1n) is 5.86. The Hall–Kier alpha value is -2.63. The fourth-order valence-corrected chi connectivity index (χ4v) is 1.76. The third-order valence-corrected chi connectivity index (χ3v) is 2.78. The number of benzene rings is 2. The van der Waals surface area contributed by atoms with Crippen molar-refractivity contribution in [3.63, 3.8) is 0 Å². The van der Waals surface area contributed by atoms with E-state index in [0.29, 0.717) is 23.4 Å². The maximum atomic E-state index is 13.2. The molecule has 6 heteroatoms. The zero-order chi connectivity index (χ0) is 14.5. The van der Waals surface area contributed by atoms with E-state index in [1.54, 1.807) is 18.2 Å². The summed E-state index contributed by atoms with van der Waals surface area (Å²) in [4.78, 5) is 0. The second-order valence-electron chi connectivity index (χ2n) is 4.15. The first-order chi connectivity index (χ1) is 9.60. The average molecular weight is 277 g/mol. The number of rotatable bonds is 4. The largest absolute Gasteiger partial charge is 0.409 e. The van der Waals surface area contributed by atoms with E-state index in [2.05, 4.69) is 10.5 Å². The monoisotopic (exact) mass is 277 g/mol. The summed E-state index contributed by atoms with van der Waals surface area (Å²) in [6, 6.07) is 9.85. The molecular formula is C14H13F2N3O. The fourth-order valence-electron chi connectivity index (χ4n) is 1.76. The van der Waals surface area contributed by atoms with Gasteiger partial charge in [-0.2, -0.15) is 0 Å². The number of amidine groups is 1. The minimum absolute atomic E-state index is 0.166. The molecule has 0 saturated carbocycles. The van der Waals surface area contributed by atoms with Gasteiger partial charge in [-0.05, 0) is 42.0 Å². The van der Waals surface area contributed by atoms with Crippen molar-refractivity contribution >= 4 is 11.5 Å². The molecule has 4 nitrogen and oxygen atoms in total. The molecule has 2 rings (SSSR count). The second kappa shape index (κ2) is 6.01. The molecule has 0 fully saturated rings. The highest BCUT2D eigenvalue weighted by molar-refractivity contribution is 5.98. The van der Waals surface area contributed by atoms with Gasteiger partial charge in [0.05, 0.1) is 0 Å². The second-order valence-corrected chi connectivity index (χ2v) is 4.15. The minimum atomic E-state index is -0.475. The number of anilines is 1. The number of nitrogens with two attached hydrogens (primary N) is 1. The Labute approximate surface area is 114 Å². The lowest BCUT2D eigenvalue weighted by molar-refractivity contribution is 0.318. The third kappa shape index (κ3) is 3.23. The molecule has 0 saturated heterocycles. The molecule has 104 valence electrons. The molecule has 4 N–H and O–H groups in total. The molecule has 0 spiro atoms. The van der Waals surface area contributed by atoms with Crippen LogP contribution in [0.1, 0.15) is 11.1 Å². The molecule has 0 aliphatic rings. The summed E-state index contributed by atoms with van der Waals surface area (Å²) in [5.74, 6) is -0.966. The molecule has 0 radical (unpaired) electrons. The van der Waals surface area contributed by atoms with Crippen LogP contribution >= 0.6 is 0 Å². The SMILES string of the molecule is NC(=NO)c1cc(F)ccc1CNc1ccc(F)cc1. The summed E-state index contributed by atoms with van der Waals surface area (Å²) >= 11 is 0. The first kappa shape index (κ1) is 13.8. The highest BCUT2D eigenvalue weighted by atomic mass is 19.1. The molecule has 0 aromatic heterocycles. The van der Waals surface area contributed by atoms with Crippen molar-refractivity contribution < 1.29 is 14.0 Å². The summed E-state index contributed by atoms with van der Waals surface area (Å²) in [6.45, 7) is 0.331. The van der Waals surface area contributed by atoms with Gasteiger partial charge in [-0.1, -0.05) is 11.2 Å². The van der Waals surface area contributed by atoms with E-state index in [4.69, 9.17) is 10.9 Å². The summed E-state index contributed by atoms with van der Waals surface area (Å²) in [5, 5.41) is 14.6. The number of halogens is 2. The summed E-state index contributed by atoms with van der Waals surface area (Å²) in [5.41, 5.74) is 7.18. The zero-order valence-electron chi connectivity index (χ0n) is 10.5. The van der Waals surface area contributed by atoms with Crippen LogP contribution in [-0.4, -0.2) is 11.0 Å². The highest BCUT2D eigenvalue weighted by Gasteiger charge is 2.08.